The first-order valence-electron chi connectivity index (χ1n) is 21.7. The molecule has 0 N–H and O–H groups in total. The molecule has 0 radical (unpaired) electrons. The fourth-order valence-electron chi connectivity index (χ4n) is 10.8. The van der Waals surface area contributed by atoms with Crippen molar-refractivity contribution in [3.8, 4) is 34.1 Å². The molecule has 63 heavy (non-hydrogen) atoms. The van der Waals surface area contributed by atoms with Crippen LogP contribution in [0.4, 0.5) is 0 Å². The Morgan fingerprint density at radius 3 is 1.81 bits per heavy atom. The van der Waals surface area contributed by atoms with Crippen molar-refractivity contribution in [2.24, 2.45) is 0 Å². The summed E-state index contributed by atoms with van der Waals surface area (Å²) in [4.78, 5) is 5.59. The number of nitriles is 1. The molecule has 3 heteroatoms. The monoisotopic (exact) mass is 799 g/mol. The van der Waals surface area contributed by atoms with Gasteiger partial charge in [-0.2, -0.15) is 5.26 Å². The zero-order valence-corrected chi connectivity index (χ0v) is 34.3. The Hall–Kier alpha value is -8.32. The molecule has 13 rings (SSSR count). The molecule has 0 unspecified atom stereocenters. The molecule has 2 heterocycles. The number of aromatic nitrogens is 2. The highest BCUT2D eigenvalue weighted by Gasteiger charge is 2.26. The van der Waals surface area contributed by atoms with Gasteiger partial charge in [-0.05, 0) is 115 Å². The molecular formula is C60H37N3. The number of fused-ring (bicyclic) bond motifs is 12. The Bertz CT molecular complexity index is 3900. The minimum absolute atomic E-state index is 0.672. The smallest absolute Gasteiger partial charge is 0.0991 e. The molecule has 0 aliphatic heterocycles. The van der Waals surface area contributed by atoms with E-state index in [4.69, 9.17) is 4.98 Å². The largest absolute Gasteiger partial charge is 0.313 e. The number of para-hydroxylation sites is 1. The van der Waals surface area contributed by atoms with Crippen LogP contribution in [0.15, 0.2) is 194 Å². The molecule has 2 aromatic heterocycles. The van der Waals surface area contributed by atoms with E-state index in [1.165, 1.54) is 76.6 Å². The minimum Gasteiger partial charge on any atom is -0.313 e. The molecule has 0 spiro atoms. The number of pyridine rings is 1. The molecular weight excluding hydrogens is 763 g/mol. The Morgan fingerprint density at radius 1 is 0.476 bits per heavy atom. The first-order valence-corrected chi connectivity index (χ1v) is 21.7. The van der Waals surface area contributed by atoms with E-state index < -0.39 is 0 Å². The maximum Gasteiger partial charge on any atom is 0.0991 e. The zero-order valence-electron chi connectivity index (χ0n) is 34.3. The molecule has 1 aliphatic rings. The van der Waals surface area contributed by atoms with Gasteiger partial charge in [-0.3, -0.25) is 0 Å². The van der Waals surface area contributed by atoms with Crippen molar-refractivity contribution in [3.05, 3.63) is 217 Å². The van der Waals surface area contributed by atoms with Gasteiger partial charge in [-0.25, -0.2) is 4.98 Å². The van der Waals surface area contributed by atoms with Gasteiger partial charge in [0.1, 0.15) is 0 Å². The van der Waals surface area contributed by atoms with Crippen LogP contribution in [0.2, 0.25) is 0 Å². The van der Waals surface area contributed by atoms with Crippen LogP contribution in [-0.4, -0.2) is 9.55 Å². The minimum atomic E-state index is 0.672. The summed E-state index contributed by atoms with van der Waals surface area (Å²) in [5, 5.41) is 24.4. The van der Waals surface area contributed by atoms with Crippen LogP contribution in [0, 0.1) is 11.3 Å². The lowest BCUT2D eigenvalue weighted by Crippen LogP contribution is -2.05. The third kappa shape index (κ3) is 5.29. The number of hydrogen-bond acceptors (Lipinski definition) is 2. The highest BCUT2D eigenvalue weighted by atomic mass is 15.0. The summed E-state index contributed by atoms with van der Waals surface area (Å²) in [6.07, 6.45) is 4.19. The number of hydrogen-bond donors (Lipinski definition) is 0. The number of rotatable bonds is 4. The lowest BCUT2D eigenvalue weighted by Gasteiger charge is -2.23. The van der Waals surface area contributed by atoms with Crippen LogP contribution in [0.5, 0.6) is 0 Å². The first kappa shape index (κ1) is 35.4. The molecule has 0 saturated heterocycles. The fraction of sp³-hybridized carbons (Fsp3) is 0.0333. The standard InChI is InChI=1S/C60H37N3/c61-36-37-27-31-54-50(33-37)51-34-40(29-32-55(51)63(54)41-18-5-2-6-19-41)56-45-23-11-13-25-47(45)57(48-26-14-12-24-46(48)56)52-35-53-58(44-22-10-9-21-43(44)52)49-30-28-38-15-7-8-20-42(38)60(49)62-59(53)39-16-3-1-4-17-39/h1-28,30-31,33-35H,29,32H2. The lowest BCUT2D eigenvalue weighted by molar-refractivity contribution is 0.899. The summed E-state index contributed by atoms with van der Waals surface area (Å²) in [5.41, 5.74) is 13.6. The van der Waals surface area contributed by atoms with Crippen molar-refractivity contribution >= 4 is 87.3 Å². The number of nitrogens with zero attached hydrogens (tertiary/aromatic N) is 3. The summed E-state index contributed by atoms with van der Waals surface area (Å²) in [5.74, 6) is 0. The summed E-state index contributed by atoms with van der Waals surface area (Å²) in [7, 11) is 0. The van der Waals surface area contributed by atoms with E-state index in [0.29, 0.717) is 5.56 Å². The van der Waals surface area contributed by atoms with Crippen molar-refractivity contribution in [2.75, 3.05) is 0 Å². The van der Waals surface area contributed by atoms with E-state index in [0.717, 1.165) is 62.4 Å². The average Bonchev–Trinajstić information content (AvgIpc) is 3.68. The highest BCUT2D eigenvalue weighted by Crippen LogP contribution is 2.49. The van der Waals surface area contributed by atoms with E-state index in [1.807, 2.05) is 6.07 Å². The van der Waals surface area contributed by atoms with Gasteiger partial charge in [0.05, 0.1) is 28.4 Å². The third-order valence-electron chi connectivity index (χ3n) is 13.5. The first-order chi connectivity index (χ1) is 31.2. The molecule has 292 valence electrons. The van der Waals surface area contributed by atoms with Gasteiger partial charge >= 0.3 is 0 Å². The zero-order chi connectivity index (χ0) is 41.6. The molecule has 0 amide bonds. The SMILES string of the molecule is N#Cc1ccc2c(c1)c1c(n2-c2ccccc2)CCC(c2c3ccccc3c(-c3cc4c(-c5ccccc5)nc5c6ccccc6ccc5c4c4ccccc34)c3ccccc23)=C1. The summed E-state index contributed by atoms with van der Waals surface area (Å²) in [6.45, 7) is 0. The van der Waals surface area contributed by atoms with Crippen LogP contribution in [0.3, 0.4) is 0 Å². The van der Waals surface area contributed by atoms with E-state index in [2.05, 4.69) is 205 Å². The second kappa shape index (κ2) is 13.9. The van der Waals surface area contributed by atoms with Crippen molar-refractivity contribution < 1.29 is 0 Å². The quantitative estimate of drug-likeness (QED) is 0.131. The maximum absolute atomic E-state index is 10.0. The average molecular weight is 800 g/mol. The van der Waals surface area contributed by atoms with Gasteiger partial charge < -0.3 is 4.57 Å². The molecule has 0 fully saturated rings. The predicted octanol–water partition coefficient (Wildman–Crippen LogP) is 15.6. The Morgan fingerprint density at radius 2 is 1.10 bits per heavy atom. The van der Waals surface area contributed by atoms with Crippen molar-refractivity contribution in [1.29, 1.82) is 5.26 Å². The molecule has 0 atom stereocenters. The van der Waals surface area contributed by atoms with Gasteiger partial charge in [0.15, 0.2) is 0 Å². The normalized spacial score (nSPS) is 12.7. The van der Waals surface area contributed by atoms with E-state index in [-0.39, 0.29) is 0 Å². The topological polar surface area (TPSA) is 41.6 Å². The van der Waals surface area contributed by atoms with Crippen molar-refractivity contribution in [2.45, 2.75) is 12.8 Å². The predicted molar refractivity (Wildman–Crippen MR) is 264 cm³/mol. The van der Waals surface area contributed by atoms with E-state index >= 15 is 0 Å². The number of benzene rings is 10. The summed E-state index contributed by atoms with van der Waals surface area (Å²) in [6, 6.07) is 72.4. The second-order valence-electron chi connectivity index (χ2n) is 16.8. The van der Waals surface area contributed by atoms with Crippen LogP contribution < -0.4 is 0 Å². The van der Waals surface area contributed by atoms with Crippen LogP contribution in [-0.2, 0) is 6.42 Å². The highest BCUT2D eigenvalue weighted by molar-refractivity contribution is 6.30. The van der Waals surface area contributed by atoms with Crippen molar-refractivity contribution in [3.63, 3.8) is 0 Å². The Kier molecular flexibility index (Phi) is 7.80. The number of allylic oxidation sites excluding steroid dienone is 1. The van der Waals surface area contributed by atoms with Gasteiger partial charge in [0, 0.05) is 49.4 Å². The molecule has 0 saturated carbocycles. The van der Waals surface area contributed by atoms with Gasteiger partial charge in [0.25, 0.3) is 0 Å². The summed E-state index contributed by atoms with van der Waals surface area (Å²) >= 11 is 0. The molecule has 1 aliphatic carbocycles. The molecule has 0 bridgehead atoms. The summed E-state index contributed by atoms with van der Waals surface area (Å²) < 4.78 is 2.40. The molecule has 12 aromatic rings. The Labute approximate surface area is 364 Å². The van der Waals surface area contributed by atoms with Gasteiger partial charge in [-0.15, -0.1) is 0 Å². The third-order valence-corrected chi connectivity index (χ3v) is 13.5. The second-order valence-corrected chi connectivity index (χ2v) is 16.8. The molecule has 3 nitrogen and oxygen atoms in total. The fourth-order valence-corrected chi connectivity index (χ4v) is 10.8. The maximum atomic E-state index is 10.0. The van der Waals surface area contributed by atoms with Crippen LogP contribution in [0.1, 0.15) is 28.8 Å². The van der Waals surface area contributed by atoms with E-state index in [9.17, 15) is 5.26 Å². The van der Waals surface area contributed by atoms with Crippen molar-refractivity contribution in [1.82, 2.24) is 9.55 Å². The van der Waals surface area contributed by atoms with Gasteiger partial charge in [0.2, 0.25) is 0 Å². The van der Waals surface area contributed by atoms with Gasteiger partial charge in [-0.1, -0.05) is 158 Å². The van der Waals surface area contributed by atoms with Crippen LogP contribution in [0.25, 0.3) is 115 Å². The lowest BCUT2D eigenvalue weighted by atomic mass is 9.81. The van der Waals surface area contributed by atoms with Crippen LogP contribution >= 0.6 is 0 Å². The molecule has 10 aromatic carbocycles. The Balaban J connectivity index is 1.12. The van der Waals surface area contributed by atoms with E-state index in [1.54, 1.807) is 0 Å².